The largest absolute Gasteiger partial charge is 0.472 e. The number of nitrogens with zero attached hydrogens (tertiary/aromatic N) is 1. The van der Waals surface area contributed by atoms with Crippen molar-refractivity contribution < 1.29 is 37.3 Å². The number of allylic oxidation sites excluding steroid dienone is 5. The Kier molecular flexibility index (Phi) is 48.5. The molecule has 0 aromatic heterocycles. The number of ether oxygens (including phenoxy) is 1. The molecular weight excluding hydrogens is 880 g/mol. The number of nitrogens with one attached hydrogen (secondary N) is 1. The Morgan fingerprint density at radius 3 is 1.30 bits per heavy atom. The smallest absolute Gasteiger partial charge is 0.456 e. The van der Waals surface area contributed by atoms with Crippen molar-refractivity contribution in [2.75, 3.05) is 40.9 Å². The number of amides is 1. The van der Waals surface area contributed by atoms with Gasteiger partial charge in [-0.1, -0.05) is 244 Å². The Bertz CT molecular complexity index is 1280. The number of quaternary nitrogens is 1. The van der Waals surface area contributed by atoms with E-state index in [0.29, 0.717) is 23.9 Å². The number of hydrogen-bond acceptors (Lipinski definition) is 6. The van der Waals surface area contributed by atoms with E-state index < -0.39 is 20.0 Å². The first-order chi connectivity index (χ1) is 33.4. The summed E-state index contributed by atoms with van der Waals surface area (Å²) in [6, 6.07) is -0.849. The van der Waals surface area contributed by atoms with Gasteiger partial charge in [0.1, 0.15) is 19.3 Å². The molecule has 0 rings (SSSR count). The van der Waals surface area contributed by atoms with Gasteiger partial charge in [0, 0.05) is 12.8 Å². The van der Waals surface area contributed by atoms with Crippen LogP contribution >= 0.6 is 7.82 Å². The van der Waals surface area contributed by atoms with Crippen molar-refractivity contribution in [1.82, 2.24) is 5.32 Å². The predicted molar refractivity (Wildman–Crippen MR) is 296 cm³/mol. The topological polar surface area (TPSA) is 111 Å². The monoisotopic (exact) mass is 994 g/mol. The van der Waals surface area contributed by atoms with E-state index >= 15 is 0 Å². The minimum absolute atomic E-state index is 0.0398. The molecule has 0 saturated carbocycles. The third-order valence-corrected chi connectivity index (χ3v) is 14.1. The summed E-state index contributed by atoms with van der Waals surface area (Å²) in [5.41, 5.74) is 0. The number of unbranched alkanes of at least 4 members (excludes halogenated alkanes) is 34. The molecule has 0 bridgehead atoms. The minimum Gasteiger partial charge on any atom is -0.456 e. The average Bonchev–Trinajstić information content (AvgIpc) is 3.31. The van der Waals surface area contributed by atoms with Crippen molar-refractivity contribution in [3.8, 4) is 0 Å². The molecule has 0 aromatic carbocycles. The summed E-state index contributed by atoms with van der Waals surface area (Å²) in [5, 5.41) is 3.05. The fraction of sp³-hybridized carbons (Fsp3) is 0.864. The minimum atomic E-state index is -4.44. The zero-order valence-electron chi connectivity index (χ0n) is 46.3. The highest BCUT2D eigenvalue weighted by Crippen LogP contribution is 2.43. The van der Waals surface area contributed by atoms with Crippen molar-refractivity contribution in [3.63, 3.8) is 0 Å². The number of rotatable bonds is 53. The van der Waals surface area contributed by atoms with E-state index in [1.54, 1.807) is 0 Å². The molecule has 2 N–H and O–H groups in total. The maximum absolute atomic E-state index is 13.5. The van der Waals surface area contributed by atoms with Crippen molar-refractivity contribution in [1.29, 1.82) is 0 Å². The van der Waals surface area contributed by atoms with Crippen LogP contribution in [0, 0.1) is 0 Å². The summed E-state index contributed by atoms with van der Waals surface area (Å²) in [7, 11) is 1.50. The van der Waals surface area contributed by atoms with Gasteiger partial charge in [-0.25, -0.2) is 4.57 Å². The molecule has 3 unspecified atom stereocenters. The predicted octanol–water partition coefficient (Wildman–Crippen LogP) is 17.6. The third kappa shape index (κ3) is 51.0. The molecule has 3 atom stereocenters. The molecule has 0 aliphatic carbocycles. The van der Waals surface area contributed by atoms with E-state index in [1.807, 2.05) is 33.3 Å². The van der Waals surface area contributed by atoms with Crippen molar-refractivity contribution >= 4 is 19.7 Å². The van der Waals surface area contributed by atoms with Crippen LogP contribution in [-0.4, -0.2) is 74.3 Å². The number of likely N-dealkylation sites (N-methyl/N-ethyl adjacent to an activating group) is 1. The van der Waals surface area contributed by atoms with Gasteiger partial charge in [0.15, 0.2) is 0 Å². The zero-order valence-corrected chi connectivity index (χ0v) is 47.2. The van der Waals surface area contributed by atoms with Gasteiger partial charge >= 0.3 is 13.8 Å². The van der Waals surface area contributed by atoms with Gasteiger partial charge in [-0.15, -0.1) is 0 Å². The lowest BCUT2D eigenvalue weighted by atomic mass is 10.0. The summed E-state index contributed by atoms with van der Waals surface area (Å²) in [5.74, 6) is -0.508. The molecular formula is C59H114N2O7P+. The van der Waals surface area contributed by atoms with E-state index in [1.165, 1.54) is 167 Å². The molecule has 0 saturated heterocycles. The molecule has 9 nitrogen and oxygen atoms in total. The summed E-state index contributed by atoms with van der Waals surface area (Å²) in [6.45, 7) is 7.00. The summed E-state index contributed by atoms with van der Waals surface area (Å²) >= 11 is 0. The van der Waals surface area contributed by atoms with Gasteiger partial charge in [-0.2, -0.15) is 0 Å². The van der Waals surface area contributed by atoms with Crippen LogP contribution in [0.25, 0.3) is 0 Å². The van der Waals surface area contributed by atoms with Crippen LogP contribution in [0.15, 0.2) is 36.5 Å². The van der Waals surface area contributed by atoms with Gasteiger partial charge in [0.25, 0.3) is 0 Å². The van der Waals surface area contributed by atoms with Gasteiger partial charge in [0.2, 0.25) is 5.91 Å². The summed E-state index contributed by atoms with van der Waals surface area (Å²) < 4.78 is 30.6. The highest BCUT2D eigenvalue weighted by molar-refractivity contribution is 7.47. The third-order valence-electron chi connectivity index (χ3n) is 13.1. The van der Waals surface area contributed by atoms with E-state index in [2.05, 4.69) is 50.4 Å². The Hall–Kier alpha value is -1.77. The SMILES string of the molecule is CCCCC/C=C/C=C/CCCCCCCCC(=O)NC(COP(=O)(O)OCC[N+](C)(C)C)C(/C=C/CCCCCCCCCCCCC)OC(=O)CCCCCCCCCCCCCCCCC. The lowest BCUT2D eigenvalue weighted by Gasteiger charge is -2.27. The second kappa shape index (κ2) is 49.8. The summed E-state index contributed by atoms with van der Waals surface area (Å²) in [6.07, 6.45) is 58.4. The second-order valence-corrected chi connectivity index (χ2v) is 22.7. The average molecular weight is 995 g/mol. The van der Waals surface area contributed by atoms with Crippen LogP contribution in [0.3, 0.4) is 0 Å². The first kappa shape index (κ1) is 67.2. The molecule has 0 radical (unpaired) electrons. The van der Waals surface area contributed by atoms with Gasteiger partial charge in [-0.3, -0.25) is 18.6 Å². The van der Waals surface area contributed by atoms with Crippen LogP contribution in [0.1, 0.15) is 278 Å². The zero-order chi connectivity index (χ0) is 50.8. The molecule has 0 fully saturated rings. The number of carbonyl (C=O) groups excluding carboxylic acids is 2. The van der Waals surface area contributed by atoms with Crippen LogP contribution in [0.4, 0.5) is 0 Å². The molecule has 0 heterocycles. The highest BCUT2D eigenvalue weighted by atomic mass is 31.2. The van der Waals surface area contributed by atoms with Crippen LogP contribution < -0.4 is 5.32 Å². The number of carbonyl (C=O) groups is 2. The van der Waals surface area contributed by atoms with Crippen molar-refractivity contribution in [2.45, 2.75) is 290 Å². The fourth-order valence-electron chi connectivity index (χ4n) is 8.52. The van der Waals surface area contributed by atoms with Gasteiger partial charge in [-0.05, 0) is 57.4 Å². The van der Waals surface area contributed by atoms with E-state index in [4.69, 9.17) is 13.8 Å². The normalized spacial score (nSPS) is 14.0. The number of phosphoric acid groups is 1. The van der Waals surface area contributed by atoms with Crippen LogP contribution in [0.5, 0.6) is 0 Å². The van der Waals surface area contributed by atoms with Crippen molar-refractivity contribution in [3.05, 3.63) is 36.5 Å². The first-order valence-corrected chi connectivity index (χ1v) is 30.8. The lowest BCUT2D eigenvalue weighted by molar-refractivity contribution is -0.870. The number of esters is 1. The standard InChI is InChI=1S/C59H113N2O7P/c1-7-10-13-16-19-22-25-28-30-33-36-39-42-45-48-51-58(62)60-56(55-67-69(64,65)66-54-53-61(4,5)6)57(50-47-44-41-38-35-32-27-24-21-18-15-12-9-3)68-59(63)52-49-46-43-40-37-34-31-29-26-23-20-17-14-11-8-2/h19,22,25,28,47,50,56-57H,7-18,20-21,23-24,26-27,29-46,48-49,51-55H2,1-6H3,(H-,60,62,64,65)/p+1/b22-19+,28-25+,50-47+. The van der Waals surface area contributed by atoms with Crippen molar-refractivity contribution in [2.24, 2.45) is 0 Å². The Balaban J connectivity index is 5.36. The molecule has 406 valence electrons. The maximum atomic E-state index is 13.5. The second-order valence-electron chi connectivity index (χ2n) is 21.2. The van der Waals surface area contributed by atoms with Crippen LogP contribution in [0.2, 0.25) is 0 Å². The molecule has 0 aliphatic heterocycles. The molecule has 0 aliphatic rings. The van der Waals surface area contributed by atoms with Gasteiger partial charge < -0.3 is 19.4 Å². The first-order valence-electron chi connectivity index (χ1n) is 29.3. The quantitative estimate of drug-likeness (QED) is 0.0156. The number of phosphoric ester groups is 1. The molecule has 0 spiro atoms. The molecule has 0 aromatic rings. The Morgan fingerprint density at radius 2 is 0.870 bits per heavy atom. The van der Waals surface area contributed by atoms with E-state index in [-0.39, 0.29) is 25.1 Å². The molecule has 1 amide bonds. The van der Waals surface area contributed by atoms with E-state index in [0.717, 1.165) is 77.0 Å². The Morgan fingerprint density at radius 1 is 0.507 bits per heavy atom. The Labute approximate surface area is 427 Å². The molecule has 69 heavy (non-hydrogen) atoms. The van der Waals surface area contributed by atoms with E-state index in [9.17, 15) is 19.0 Å². The fourth-order valence-corrected chi connectivity index (χ4v) is 9.26. The highest BCUT2D eigenvalue weighted by Gasteiger charge is 2.30. The van der Waals surface area contributed by atoms with Gasteiger partial charge in [0.05, 0.1) is 33.8 Å². The number of hydrogen-bond donors (Lipinski definition) is 2. The molecule has 10 heteroatoms. The summed E-state index contributed by atoms with van der Waals surface area (Å²) in [4.78, 5) is 37.6. The van der Waals surface area contributed by atoms with Crippen LogP contribution in [-0.2, 0) is 27.9 Å². The maximum Gasteiger partial charge on any atom is 0.472 e. The lowest BCUT2D eigenvalue weighted by Crippen LogP contribution is -2.47.